The number of carbonyl (C=O) groups excluding carboxylic acids is 1. The summed E-state index contributed by atoms with van der Waals surface area (Å²) in [5.41, 5.74) is 6.61. The Morgan fingerprint density at radius 2 is 2.35 bits per heavy atom. The fourth-order valence-corrected chi connectivity index (χ4v) is 2.47. The number of imidazole rings is 1. The summed E-state index contributed by atoms with van der Waals surface area (Å²) < 4.78 is 1.76. The summed E-state index contributed by atoms with van der Waals surface area (Å²) in [6, 6.07) is 0.179. The number of nitrogens with two attached hydrogens (primary N) is 1. The molecule has 0 spiro atoms. The van der Waals surface area contributed by atoms with E-state index in [1.807, 2.05) is 18.9 Å². The van der Waals surface area contributed by atoms with E-state index in [9.17, 15) is 4.79 Å². The summed E-state index contributed by atoms with van der Waals surface area (Å²) in [6.45, 7) is 2.77. The number of aryl methyl sites for hydroxylation is 1. The van der Waals surface area contributed by atoms with E-state index in [1.54, 1.807) is 17.1 Å². The molecule has 0 radical (unpaired) electrons. The third-order valence-corrected chi connectivity index (χ3v) is 3.45. The number of nitrogens with zero attached hydrogens (tertiary/aromatic N) is 3. The zero-order valence-electron chi connectivity index (χ0n) is 10.5. The zero-order chi connectivity index (χ0) is 12.4. The Morgan fingerprint density at radius 3 is 2.94 bits per heavy atom. The lowest BCUT2D eigenvalue weighted by molar-refractivity contribution is 0.0574. The second-order valence-electron chi connectivity index (χ2n) is 4.81. The molecule has 2 unspecified atom stereocenters. The van der Waals surface area contributed by atoms with Crippen LogP contribution in [-0.2, 0) is 7.05 Å². The first-order chi connectivity index (χ1) is 8.11. The first-order valence-electron chi connectivity index (χ1n) is 6.14. The van der Waals surface area contributed by atoms with E-state index < -0.39 is 0 Å². The van der Waals surface area contributed by atoms with Gasteiger partial charge in [-0.1, -0.05) is 0 Å². The van der Waals surface area contributed by atoms with Crippen LogP contribution in [-0.4, -0.2) is 39.0 Å². The van der Waals surface area contributed by atoms with Crippen LogP contribution in [0.1, 0.15) is 36.7 Å². The number of rotatable bonds is 2. The molecule has 0 aromatic carbocycles. The molecule has 2 heterocycles. The molecule has 1 aromatic rings. The van der Waals surface area contributed by atoms with Gasteiger partial charge in [-0.05, 0) is 26.2 Å². The smallest absolute Gasteiger partial charge is 0.272 e. The van der Waals surface area contributed by atoms with Gasteiger partial charge in [-0.25, -0.2) is 4.98 Å². The topological polar surface area (TPSA) is 64.2 Å². The molecular weight excluding hydrogens is 216 g/mol. The van der Waals surface area contributed by atoms with E-state index in [-0.39, 0.29) is 18.0 Å². The minimum Gasteiger partial charge on any atom is -0.333 e. The van der Waals surface area contributed by atoms with Crippen molar-refractivity contribution in [3.8, 4) is 0 Å². The van der Waals surface area contributed by atoms with Crippen molar-refractivity contribution in [2.24, 2.45) is 12.8 Å². The van der Waals surface area contributed by atoms with Crippen LogP contribution in [0.2, 0.25) is 0 Å². The maximum Gasteiger partial charge on any atom is 0.272 e. The highest BCUT2D eigenvalue weighted by Crippen LogP contribution is 2.21. The Hall–Kier alpha value is -1.36. The van der Waals surface area contributed by atoms with Gasteiger partial charge in [0, 0.05) is 25.7 Å². The third-order valence-electron chi connectivity index (χ3n) is 3.45. The van der Waals surface area contributed by atoms with Crippen LogP contribution in [0, 0.1) is 0 Å². The molecule has 1 amide bonds. The van der Waals surface area contributed by atoms with Crippen LogP contribution < -0.4 is 5.73 Å². The Morgan fingerprint density at radius 1 is 1.59 bits per heavy atom. The Labute approximate surface area is 102 Å². The monoisotopic (exact) mass is 236 g/mol. The largest absolute Gasteiger partial charge is 0.333 e. The lowest BCUT2D eigenvalue weighted by Crippen LogP contribution is -2.52. The van der Waals surface area contributed by atoms with E-state index in [0.717, 1.165) is 25.8 Å². The maximum absolute atomic E-state index is 12.4. The van der Waals surface area contributed by atoms with Gasteiger partial charge in [0.05, 0.1) is 12.5 Å². The summed E-state index contributed by atoms with van der Waals surface area (Å²) >= 11 is 0. The minimum atomic E-state index is 0.0208. The Bertz CT molecular complexity index is 399. The van der Waals surface area contributed by atoms with Crippen molar-refractivity contribution in [3.63, 3.8) is 0 Å². The van der Waals surface area contributed by atoms with E-state index in [2.05, 4.69) is 4.98 Å². The van der Waals surface area contributed by atoms with Crippen LogP contribution in [0.25, 0.3) is 0 Å². The molecular formula is C12H20N4O. The highest BCUT2D eigenvalue weighted by atomic mass is 16.2. The fourth-order valence-electron chi connectivity index (χ4n) is 2.47. The van der Waals surface area contributed by atoms with Crippen LogP contribution in [0.15, 0.2) is 12.5 Å². The third kappa shape index (κ3) is 2.34. The molecule has 94 valence electrons. The number of aromatic nitrogens is 2. The van der Waals surface area contributed by atoms with E-state index >= 15 is 0 Å². The van der Waals surface area contributed by atoms with Gasteiger partial charge >= 0.3 is 0 Å². The van der Waals surface area contributed by atoms with Crippen molar-refractivity contribution >= 4 is 5.91 Å². The van der Waals surface area contributed by atoms with Crippen molar-refractivity contribution in [2.75, 3.05) is 6.54 Å². The molecule has 1 saturated heterocycles. The standard InChI is InChI=1S/C12H20N4O/c1-9(13)10-5-3-4-6-16(10)12(17)11-7-14-8-15(11)2/h7-10H,3-6,13H2,1-2H3. The highest BCUT2D eigenvalue weighted by molar-refractivity contribution is 5.92. The molecule has 1 aliphatic heterocycles. The molecule has 2 rings (SSSR count). The molecule has 2 atom stereocenters. The molecule has 5 nitrogen and oxygen atoms in total. The molecule has 0 aliphatic carbocycles. The van der Waals surface area contributed by atoms with Crippen LogP contribution in [0.5, 0.6) is 0 Å². The van der Waals surface area contributed by atoms with E-state index in [0.29, 0.717) is 5.69 Å². The Kier molecular flexibility index (Phi) is 3.47. The van der Waals surface area contributed by atoms with E-state index in [4.69, 9.17) is 5.73 Å². The lowest BCUT2D eigenvalue weighted by atomic mass is 9.96. The molecule has 0 bridgehead atoms. The van der Waals surface area contributed by atoms with Gasteiger partial charge in [0.1, 0.15) is 5.69 Å². The maximum atomic E-state index is 12.4. The predicted molar refractivity (Wildman–Crippen MR) is 65.5 cm³/mol. The minimum absolute atomic E-state index is 0.0208. The number of likely N-dealkylation sites (tertiary alicyclic amines) is 1. The van der Waals surface area contributed by atoms with Gasteiger partial charge in [0.15, 0.2) is 0 Å². The van der Waals surface area contributed by atoms with Gasteiger partial charge in [-0.3, -0.25) is 4.79 Å². The number of amides is 1. The van der Waals surface area contributed by atoms with E-state index in [1.165, 1.54) is 0 Å². The lowest BCUT2D eigenvalue weighted by Gasteiger charge is -2.38. The van der Waals surface area contributed by atoms with Gasteiger partial charge < -0.3 is 15.2 Å². The first kappa shape index (κ1) is 12.1. The molecule has 17 heavy (non-hydrogen) atoms. The van der Waals surface area contributed by atoms with Crippen LogP contribution in [0.4, 0.5) is 0 Å². The fraction of sp³-hybridized carbons (Fsp3) is 0.667. The molecule has 0 saturated carbocycles. The second-order valence-corrected chi connectivity index (χ2v) is 4.81. The summed E-state index contributed by atoms with van der Waals surface area (Å²) in [6.07, 6.45) is 6.49. The molecule has 1 fully saturated rings. The average molecular weight is 236 g/mol. The second kappa shape index (κ2) is 4.87. The summed E-state index contributed by atoms with van der Waals surface area (Å²) in [7, 11) is 1.84. The molecule has 2 N–H and O–H groups in total. The molecule has 5 heteroatoms. The van der Waals surface area contributed by atoms with Gasteiger partial charge in [0.2, 0.25) is 0 Å². The summed E-state index contributed by atoms with van der Waals surface area (Å²) in [4.78, 5) is 18.3. The van der Waals surface area contributed by atoms with Crippen molar-refractivity contribution in [1.82, 2.24) is 14.5 Å². The highest BCUT2D eigenvalue weighted by Gasteiger charge is 2.30. The zero-order valence-corrected chi connectivity index (χ0v) is 10.5. The number of carbonyl (C=O) groups is 1. The van der Waals surface area contributed by atoms with Crippen molar-refractivity contribution < 1.29 is 4.79 Å². The summed E-state index contributed by atoms with van der Waals surface area (Å²) in [5, 5.41) is 0. The number of hydrogen-bond acceptors (Lipinski definition) is 3. The van der Waals surface area contributed by atoms with Gasteiger partial charge in [-0.2, -0.15) is 0 Å². The first-order valence-corrected chi connectivity index (χ1v) is 6.14. The van der Waals surface area contributed by atoms with Crippen LogP contribution in [0.3, 0.4) is 0 Å². The normalized spacial score (nSPS) is 22.5. The molecule has 1 aromatic heterocycles. The SMILES string of the molecule is CC(N)C1CCCCN1C(=O)c1cncn1C. The van der Waals surface area contributed by atoms with Crippen molar-refractivity contribution in [2.45, 2.75) is 38.3 Å². The van der Waals surface area contributed by atoms with Crippen molar-refractivity contribution in [1.29, 1.82) is 0 Å². The Balaban J connectivity index is 2.20. The predicted octanol–water partition coefficient (Wildman–Crippen LogP) is 0.762. The average Bonchev–Trinajstić information content (AvgIpc) is 2.74. The number of piperidine rings is 1. The van der Waals surface area contributed by atoms with Gasteiger partial charge in [0.25, 0.3) is 5.91 Å². The van der Waals surface area contributed by atoms with Gasteiger partial charge in [-0.15, -0.1) is 0 Å². The molecule has 1 aliphatic rings. The quantitative estimate of drug-likeness (QED) is 0.824. The van der Waals surface area contributed by atoms with Crippen LogP contribution >= 0.6 is 0 Å². The number of hydrogen-bond donors (Lipinski definition) is 1. The van der Waals surface area contributed by atoms with Crippen molar-refractivity contribution in [3.05, 3.63) is 18.2 Å². The summed E-state index contributed by atoms with van der Waals surface area (Å²) in [5.74, 6) is 0.0481.